The van der Waals surface area contributed by atoms with Gasteiger partial charge in [-0.3, -0.25) is 14.3 Å². The van der Waals surface area contributed by atoms with Crippen LogP contribution in [0.3, 0.4) is 0 Å². The summed E-state index contributed by atoms with van der Waals surface area (Å²) in [7, 11) is 0. The van der Waals surface area contributed by atoms with E-state index in [0.717, 1.165) is 39.7 Å². The Morgan fingerprint density at radius 2 is 1.90 bits per heavy atom. The number of carboxylic acid groups (broad SMARTS) is 1. The highest BCUT2D eigenvalue weighted by Gasteiger charge is 2.26. The number of fused-ring (bicyclic) bond motifs is 1. The largest absolute Gasteiger partial charge is 0.478 e. The van der Waals surface area contributed by atoms with E-state index in [1.807, 2.05) is 54.7 Å². The minimum Gasteiger partial charge on any atom is -0.478 e. The van der Waals surface area contributed by atoms with Gasteiger partial charge < -0.3 is 5.11 Å². The van der Waals surface area contributed by atoms with Gasteiger partial charge in [0.15, 0.2) is 0 Å². The van der Waals surface area contributed by atoms with Crippen LogP contribution in [0.1, 0.15) is 51.5 Å². The zero-order chi connectivity index (χ0) is 20.7. The van der Waals surface area contributed by atoms with Crippen molar-refractivity contribution in [3.63, 3.8) is 0 Å². The molecule has 1 aliphatic carbocycles. The predicted molar refractivity (Wildman–Crippen MR) is 118 cm³/mol. The zero-order valence-corrected chi connectivity index (χ0v) is 17.1. The lowest BCUT2D eigenvalue weighted by molar-refractivity contribution is 0.0695. The Morgan fingerprint density at radius 1 is 1.10 bits per heavy atom. The SMILES string of the molecule is O=C(O)c1cc(C2CC2)cnc1Cc1ccc2c(c1)sc(=O)n2Cc1ccccc1. The smallest absolute Gasteiger partial charge is 0.337 e. The van der Waals surface area contributed by atoms with Gasteiger partial charge in [-0.15, -0.1) is 0 Å². The van der Waals surface area contributed by atoms with Crippen LogP contribution < -0.4 is 4.87 Å². The topological polar surface area (TPSA) is 72.2 Å². The fraction of sp³-hybridized carbons (Fsp3) is 0.208. The maximum atomic E-state index is 12.6. The van der Waals surface area contributed by atoms with Gasteiger partial charge in [0, 0.05) is 12.6 Å². The van der Waals surface area contributed by atoms with Gasteiger partial charge in [0.25, 0.3) is 0 Å². The number of thiazole rings is 1. The molecule has 0 saturated heterocycles. The van der Waals surface area contributed by atoms with E-state index in [1.54, 1.807) is 10.6 Å². The quantitative estimate of drug-likeness (QED) is 0.496. The lowest BCUT2D eigenvalue weighted by Crippen LogP contribution is -2.13. The van der Waals surface area contributed by atoms with Crippen molar-refractivity contribution in [2.24, 2.45) is 0 Å². The van der Waals surface area contributed by atoms with E-state index < -0.39 is 5.97 Å². The molecule has 30 heavy (non-hydrogen) atoms. The van der Waals surface area contributed by atoms with Crippen LogP contribution in [-0.2, 0) is 13.0 Å². The lowest BCUT2D eigenvalue weighted by Gasteiger charge is -2.09. The summed E-state index contributed by atoms with van der Waals surface area (Å²) in [6, 6.07) is 17.6. The van der Waals surface area contributed by atoms with Gasteiger partial charge in [-0.2, -0.15) is 0 Å². The Labute approximate surface area is 177 Å². The third kappa shape index (κ3) is 3.66. The fourth-order valence-corrected chi connectivity index (χ4v) is 4.76. The highest BCUT2D eigenvalue weighted by Crippen LogP contribution is 2.40. The molecule has 0 unspecified atom stereocenters. The number of carboxylic acids is 1. The standard InChI is InChI=1S/C24H20N2O3S/c27-23(28)19-12-18(17-7-8-17)13-25-20(19)10-16-6-9-21-22(11-16)30-24(29)26(21)14-15-4-2-1-3-5-15/h1-6,9,11-13,17H,7-8,10,14H2,(H,27,28). The molecule has 6 heteroatoms. The first-order valence-corrected chi connectivity index (χ1v) is 10.8. The zero-order valence-electron chi connectivity index (χ0n) is 16.2. The second-order valence-electron chi connectivity index (χ2n) is 7.76. The van der Waals surface area contributed by atoms with Gasteiger partial charge in [-0.25, -0.2) is 4.79 Å². The summed E-state index contributed by atoms with van der Waals surface area (Å²) < 4.78 is 2.68. The van der Waals surface area contributed by atoms with Crippen molar-refractivity contribution in [2.75, 3.05) is 0 Å². The van der Waals surface area contributed by atoms with E-state index >= 15 is 0 Å². The molecule has 1 aliphatic rings. The molecule has 1 N–H and O–H groups in total. The van der Waals surface area contributed by atoms with E-state index in [0.29, 0.717) is 24.6 Å². The van der Waals surface area contributed by atoms with Gasteiger partial charge in [-0.1, -0.05) is 47.7 Å². The van der Waals surface area contributed by atoms with Crippen LogP contribution >= 0.6 is 11.3 Å². The number of nitrogens with zero attached hydrogens (tertiary/aromatic N) is 2. The second kappa shape index (κ2) is 7.54. The molecule has 0 atom stereocenters. The number of aromatic nitrogens is 2. The molecule has 1 saturated carbocycles. The maximum absolute atomic E-state index is 12.6. The van der Waals surface area contributed by atoms with E-state index in [4.69, 9.17) is 0 Å². The van der Waals surface area contributed by atoms with Gasteiger partial charge in [0.05, 0.1) is 28.0 Å². The Bertz CT molecular complexity index is 1300. The molecule has 150 valence electrons. The fourth-order valence-electron chi connectivity index (χ4n) is 3.81. The Morgan fingerprint density at radius 3 is 2.63 bits per heavy atom. The van der Waals surface area contributed by atoms with E-state index in [1.165, 1.54) is 11.3 Å². The molecule has 1 fully saturated rings. The van der Waals surface area contributed by atoms with Crippen LogP contribution in [0.25, 0.3) is 10.2 Å². The highest BCUT2D eigenvalue weighted by atomic mass is 32.1. The minimum absolute atomic E-state index is 0.00383. The number of hydrogen-bond donors (Lipinski definition) is 1. The number of pyridine rings is 1. The van der Waals surface area contributed by atoms with E-state index in [9.17, 15) is 14.7 Å². The first kappa shape index (κ1) is 18.8. The summed E-state index contributed by atoms with van der Waals surface area (Å²) in [5.74, 6) is -0.484. The molecule has 0 bridgehead atoms. The van der Waals surface area contributed by atoms with Crippen LogP contribution in [0.2, 0.25) is 0 Å². The molecule has 5 nitrogen and oxygen atoms in total. The predicted octanol–water partition coefficient (Wildman–Crippen LogP) is 4.67. The third-order valence-electron chi connectivity index (χ3n) is 5.56. The first-order chi connectivity index (χ1) is 14.6. The average molecular weight is 417 g/mol. The van der Waals surface area contributed by atoms with Crippen LogP contribution in [0.15, 0.2) is 65.6 Å². The number of benzene rings is 2. The summed E-state index contributed by atoms with van der Waals surface area (Å²) in [5.41, 5.74) is 4.77. The van der Waals surface area contributed by atoms with Crippen molar-refractivity contribution in [3.05, 3.63) is 98.4 Å². The van der Waals surface area contributed by atoms with E-state index in [2.05, 4.69) is 4.98 Å². The molecule has 0 aliphatic heterocycles. The monoisotopic (exact) mass is 416 g/mol. The van der Waals surface area contributed by atoms with Crippen LogP contribution in [-0.4, -0.2) is 20.6 Å². The summed E-state index contributed by atoms with van der Waals surface area (Å²) in [6.07, 6.45) is 4.45. The Kier molecular flexibility index (Phi) is 4.71. The third-order valence-corrected chi connectivity index (χ3v) is 6.50. The molecule has 2 aromatic heterocycles. The normalized spacial score (nSPS) is 13.6. The lowest BCUT2D eigenvalue weighted by atomic mass is 10.0. The van der Waals surface area contributed by atoms with Crippen LogP contribution in [0, 0.1) is 0 Å². The van der Waals surface area contributed by atoms with Gasteiger partial charge in [0.2, 0.25) is 0 Å². The number of hydrogen-bond acceptors (Lipinski definition) is 4. The molecule has 0 amide bonds. The molecule has 4 aromatic rings. The van der Waals surface area contributed by atoms with Crippen molar-refractivity contribution in [1.29, 1.82) is 0 Å². The molecule has 0 radical (unpaired) electrons. The number of rotatable bonds is 6. The summed E-state index contributed by atoms with van der Waals surface area (Å²) in [4.78, 5) is 28.8. The van der Waals surface area contributed by atoms with E-state index in [-0.39, 0.29) is 10.4 Å². The highest BCUT2D eigenvalue weighted by molar-refractivity contribution is 7.16. The first-order valence-electron chi connectivity index (χ1n) is 9.97. The Balaban J connectivity index is 1.46. The maximum Gasteiger partial charge on any atom is 0.337 e. The van der Waals surface area contributed by atoms with Crippen molar-refractivity contribution in [2.45, 2.75) is 31.7 Å². The number of aromatic carboxylic acids is 1. The average Bonchev–Trinajstić information content (AvgIpc) is 3.54. The molecular weight excluding hydrogens is 396 g/mol. The summed E-state index contributed by atoms with van der Waals surface area (Å²) in [6.45, 7) is 0.534. The van der Waals surface area contributed by atoms with Crippen molar-refractivity contribution >= 4 is 27.5 Å². The molecular formula is C24H20N2O3S. The van der Waals surface area contributed by atoms with Gasteiger partial charge >= 0.3 is 10.8 Å². The minimum atomic E-state index is -0.945. The van der Waals surface area contributed by atoms with Crippen molar-refractivity contribution in [3.8, 4) is 0 Å². The van der Waals surface area contributed by atoms with Crippen molar-refractivity contribution < 1.29 is 9.90 Å². The second-order valence-corrected chi connectivity index (χ2v) is 8.75. The van der Waals surface area contributed by atoms with Gasteiger partial charge in [-0.05, 0) is 53.6 Å². The molecule has 2 aromatic carbocycles. The summed E-state index contributed by atoms with van der Waals surface area (Å²) in [5, 5.41) is 9.64. The Hall–Kier alpha value is -3.25. The molecule has 5 rings (SSSR count). The van der Waals surface area contributed by atoms with Crippen LogP contribution in [0.4, 0.5) is 0 Å². The number of carbonyl (C=O) groups is 1. The van der Waals surface area contributed by atoms with Crippen LogP contribution in [0.5, 0.6) is 0 Å². The summed E-state index contributed by atoms with van der Waals surface area (Å²) >= 11 is 1.22. The molecule has 0 spiro atoms. The molecule has 2 heterocycles. The van der Waals surface area contributed by atoms with Crippen molar-refractivity contribution in [1.82, 2.24) is 9.55 Å². The van der Waals surface area contributed by atoms with Gasteiger partial charge in [0.1, 0.15) is 0 Å².